The smallest absolute Gasteiger partial charge is 0.251 e. The number of carbonyl (C=O) groups is 2. The number of nitrogens with zero attached hydrogens (tertiary/aromatic N) is 5. The van der Waals surface area contributed by atoms with E-state index in [1.165, 1.54) is 17.4 Å². The SMILES string of the molecule is Cn1c(CCNC(=O)c2ccc(Cl)cc2)nnc1SCC(=O)N1CCN(c2ccccc2)CC1. The van der Waals surface area contributed by atoms with E-state index in [9.17, 15) is 9.59 Å². The zero-order valence-corrected chi connectivity index (χ0v) is 20.6. The van der Waals surface area contributed by atoms with Crippen LogP contribution in [0, 0.1) is 0 Å². The van der Waals surface area contributed by atoms with E-state index in [-0.39, 0.29) is 11.8 Å². The van der Waals surface area contributed by atoms with E-state index in [1.54, 1.807) is 24.3 Å². The molecule has 0 spiro atoms. The van der Waals surface area contributed by atoms with E-state index in [0.29, 0.717) is 47.6 Å². The molecule has 0 atom stereocenters. The molecule has 1 aromatic heterocycles. The maximum absolute atomic E-state index is 12.7. The summed E-state index contributed by atoms with van der Waals surface area (Å²) >= 11 is 7.25. The molecule has 1 aliphatic heterocycles. The van der Waals surface area contributed by atoms with Gasteiger partial charge in [0.1, 0.15) is 5.82 Å². The first-order valence-corrected chi connectivity index (χ1v) is 12.5. The highest BCUT2D eigenvalue weighted by Gasteiger charge is 2.22. The average Bonchev–Trinajstić information content (AvgIpc) is 3.22. The van der Waals surface area contributed by atoms with Crippen molar-refractivity contribution in [3.8, 4) is 0 Å². The predicted molar refractivity (Wildman–Crippen MR) is 134 cm³/mol. The number of hydrogen-bond donors (Lipinski definition) is 1. The third kappa shape index (κ3) is 6.09. The Kier molecular flexibility index (Phi) is 8.08. The standard InChI is InChI=1S/C24H27ClN6O2S/c1-29-21(11-12-26-23(33)18-7-9-19(25)10-8-18)27-28-24(29)34-17-22(32)31-15-13-30(14-16-31)20-5-3-2-4-6-20/h2-10H,11-17H2,1H3,(H,26,33). The summed E-state index contributed by atoms with van der Waals surface area (Å²) in [6, 6.07) is 17.0. The summed E-state index contributed by atoms with van der Waals surface area (Å²) in [6.07, 6.45) is 0.540. The fourth-order valence-corrected chi connectivity index (χ4v) is 4.71. The monoisotopic (exact) mass is 498 g/mol. The molecule has 8 nitrogen and oxygen atoms in total. The summed E-state index contributed by atoms with van der Waals surface area (Å²) in [6.45, 7) is 3.52. The molecule has 1 saturated heterocycles. The van der Waals surface area contributed by atoms with Crippen LogP contribution in [-0.2, 0) is 18.3 Å². The normalized spacial score (nSPS) is 13.7. The second kappa shape index (κ2) is 11.4. The van der Waals surface area contributed by atoms with Crippen molar-refractivity contribution in [3.05, 3.63) is 71.0 Å². The molecule has 2 aromatic carbocycles. The molecule has 34 heavy (non-hydrogen) atoms. The van der Waals surface area contributed by atoms with E-state index in [0.717, 1.165) is 18.9 Å². The minimum atomic E-state index is -0.161. The van der Waals surface area contributed by atoms with Crippen LogP contribution >= 0.6 is 23.4 Å². The highest BCUT2D eigenvalue weighted by atomic mass is 35.5. The van der Waals surface area contributed by atoms with Gasteiger partial charge < -0.3 is 19.7 Å². The van der Waals surface area contributed by atoms with Crippen molar-refractivity contribution in [2.45, 2.75) is 11.6 Å². The van der Waals surface area contributed by atoms with Crippen LogP contribution in [0.25, 0.3) is 0 Å². The molecule has 2 amide bonds. The highest BCUT2D eigenvalue weighted by molar-refractivity contribution is 7.99. The molecular weight excluding hydrogens is 472 g/mol. The Morgan fingerprint density at radius 2 is 1.71 bits per heavy atom. The van der Waals surface area contributed by atoms with Gasteiger partial charge in [-0.3, -0.25) is 9.59 Å². The zero-order chi connectivity index (χ0) is 23.9. The van der Waals surface area contributed by atoms with E-state index in [2.05, 4.69) is 32.5 Å². The first-order chi connectivity index (χ1) is 16.5. The summed E-state index contributed by atoms with van der Waals surface area (Å²) in [5, 5.41) is 12.6. The van der Waals surface area contributed by atoms with Gasteiger partial charge in [-0.1, -0.05) is 41.6 Å². The topological polar surface area (TPSA) is 83.4 Å². The van der Waals surface area contributed by atoms with Crippen LogP contribution < -0.4 is 10.2 Å². The lowest BCUT2D eigenvalue weighted by Crippen LogP contribution is -2.49. The molecule has 10 heteroatoms. The Hall–Kier alpha value is -3.04. The van der Waals surface area contributed by atoms with Gasteiger partial charge in [0.25, 0.3) is 5.91 Å². The lowest BCUT2D eigenvalue weighted by atomic mass is 10.2. The van der Waals surface area contributed by atoms with Gasteiger partial charge in [-0.25, -0.2) is 0 Å². The van der Waals surface area contributed by atoms with Crippen molar-refractivity contribution in [1.29, 1.82) is 0 Å². The van der Waals surface area contributed by atoms with Gasteiger partial charge in [0.2, 0.25) is 5.91 Å². The number of piperazine rings is 1. The van der Waals surface area contributed by atoms with Crippen LogP contribution in [0.15, 0.2) is 59.8 Å². The minimum absolute atomic E-state index is 0.109. The molecule has 0 saturated carbocycles. The molecular formula is C24H27ClN6O2S. The number of carbonyl (C=O) groups excluding carboxylic acids is 2. The fourth-order valence-electron chi connectivity index (χ4n) is 3.75. The van der Waals surface area contributed by atoms with Crippen LogP contribution in [-0.4, -0.2) is 70.0 Å². The largest absolute Gasteiger partial charge is 0.368 e. The summed E-state index contributed by atoms with van der Waals surface area (Å²) in [4.78, 5) is 29.1. The van der Waals surface area contributed by atoms with E-state index >= 15 is 0 Å². The number of aromatic nitrogens is 3. The van der Waals surface area contributed by atoms with E-state index < -0.39 is 0 Å². The molecule has 4 rings (SSSR count). The molecule has 2 heterocycles. The Labute approximate surface area is 208 Å². The van der Waals surface area contributed by atoms with Gasteiger partial charge in [0, 0.05) is 62.5 Å². The molecule has 178 valence electrons. The average molecular weight is 499 g/mol. The van der Waals surface area contributed by atoms with Crippen LogP contribution in [0.3, 0.4) is 0 Å². The number of para-hydroxylation sites is 1. The third-order valence-electron chi connectivity index (χ3n) is 5.74. The first-order valence-electron chi connectivity index (χ1n) is 11.1. The van der Waals surface area contributed by atoms with Crippen LogP contribution in [0.4, 0.5) is 5.69 Å². The predicted octanol–water partition coefficient (Wildman–Crippen LogP) is 2.88. The summed E-state index contributed by atoms with van der Waals surface area (Å²) in [5.74, 6) is 1.02. The van der Waals surface area contributed by atoms with Crippen molar-refractivity contribution >= 4 is 40.9 Å². The third-order valence-corrected chi connectivity index (χ3v) is 7.00. The molecule has 1 fully saturated rings. The van der Waals surface area contributed by atoms with Crippen molar-refractivity contribution < 1.29 is 9.59 Å². The summed E-state index contributed by atoms with van der Waals surface area (Å²) in [5.41, 5.74) is 1.75. The van der Waals surface area contributed by atoms with Gasteiger partial charge in [0.05, 0.1) is 5.75 Å². The fraction of sp³-hybridized carbons (Fsp3) is 0.333. The Morgan fingerprint density at radius 1 is 1.00 bits per heavy atom. The molecule has 0 unspecified atom stereocenters. The van der Waals surface area contributed by atoms with Crippen molar-refractivity contribution in [2.24, 2.45) is 7.05 Å². The highest BCUT2D eigenvalue weighted by Crippen LogP contribution is 2.19. The van der Waals surface area contributed by atoms with Crippen molar-refractivity contribution in [3.63, 3.8) is 0 Å². The second-order valence-corrected chi connectivity index (χ2v) is 9.34. The second-order valence-electron chi connectivity index (χ2n) is 7.96. The van der Waals surface area contributed by atoms with Crippen LogP contribution in [0.5, 0.6) is 0 Å². The van der Waals surface area contributed by atoms with Gasteiger partial charge >= 0.3 is 0 Å². The number of nitrogens with one attached hydrogen (secondary N) is 1. The van der Waals surface area contributed by atoms with E-state index in [4.69, 9.17) is 11.6 Å². The molecule has 0 radical (unpaired) electrons. The molecule has 3 aromatic rings. The number of halogens is 1. The maximum atomic E-state index is 12.7. The van der Waals surface area contributed by atoms with Gasteiger partial charge in [-0.15, -0.1) is 10.2 Å². The van der Waals surface area contributed by atoms with Crippen molar-refractivity contribution in [1.82, 2.24) is 25.0 Å². The number of benzene rings is 2. The van der Waals surface area contributed by atoms with Gasteiger partial charge in [-0.05, 0) is 36.4 Å². The molecule has 1 aliphatic rings. The summed E-state index contributed by atoms with van der Waals surface area (Å²) in [7, 11) is 1.88. The Balaban J connectivity index is 1.21. The van der Waals surface area contributed by atoms with Gasteiger partial charge in [0.15, 0.2) is 5.16 Å². The zero-order valence-electron chi connectivity index (χ0n) is 19.0. The Bertz CT molecular complexity index is 1110. The molecule has 0 aliphatic carbocycles. The summed E-state index contributed by atoms with van der Waals surface area (Å²) < 4.78 is 1.87. The number of rotatable bonds is 8. The van der Waals surface area contributed by atoms with Crippen molar-refractivity contribution in [2.75, 3.05) is 43.4 Å². The number of anilines is 1. The quantitative estimate of drug-likeness (QED) is 0.481. The van der Waals surface area contributed by atoms with Gasteiger partial charge in [-0.2, -0.15) is 0 Å². The van der Waals surface area contributed by atoms with Crippen LogP contribution in [0.2, 0.25) is 5.02 Å². The Morgan fingerprint density at radius 3 is 2.41 bits per heavy atom. The van der Waals surface area contributed by atoms with E-state index in [1.807, 2.05) is 34.7 Å². The lowest BCUT2D eigenvalue weighted by Gasteiger charge is -2.36. The van der Waals surface area contributed by atoms with Crippen LogP contribution in [0.1, 0.15) is 16.2 Å². The number of hydrogen-bond acceptors (Lipinski definition) is 6. The lowest BCUT2D eigenvalue weighted by molar-refractivity contribution is -0.128. The number of amides is 2. The molecule has 1 N–H and O–H groups in total. The maximum Gasteiger partial charge on any atom is 0.251 e. The number of thioether (sulfide) groups is 1. The molecule has 0 bridgehead atoms. The first kappa shape index (κ1) is 24.1. The minimum Gasteiger partial charge on any atom is -0.368 e.